The number of carbonyl (C=O) groups excluding carboxylic acids is 1. The third kappa shape index (κ3) is 4.34. The first-order valence-electron chi connectivity index (χ1n) is 9.21. The number of pyridine rings is 1. The molecule has 8 nitrogen and oxygen atoms in total. The van der Waals surface area contributed by atoms with Gasteiger partial charge in [0, 0.05) is 11.6 Å². The molecule has 0 spiro atoms. The number of nitrogens with one attached hydrogen (secondary N) is 2. The van der Waals surface area contributed by atoms with E-state index >= 15 is 0 Å². The monoisotopic (exact) mass is 434 g/mol. The molecule has 1 aliphatic rings. The molecule has 2 aromatic rings. The molecule has 3 rings (SSSR count). The third-order valence-corrected chi connectivity index (χ3v) is 7.84. The van der Waals surface area contributed by atoms with Crippen molar-refractivity contribution < 1.29 is 22.3 Å². The number of sulfone groups is 1. The predicted molar refractivity (Wildman–Crippen MR) is 111 cm³/mol. The van der Waals surface area contributed by atoms with E-state index in [1.54, 1.807) is 18.2 Å². The van der Waals surface area contributed by atoms with Gasteiger partial charge in [-0.3, -0.25) is 10.2 Å². The van der Waals surface area contributed by atoms with E-state index in [1.807, 2.05) is 0 Å². The number of fused-ring (bicyclic) bond motifs is 1. The fourth-order valence-electron chi connectivity index (χ4n) is 3.07. The normalized spacial score (nSPS) is 16.6. The number of hydrogen-bond donors (Lipinski definition) is 3. The summed E-state index contributed by atoms with van der Waals surface area (Å²) in [7, 11) is -3.75. The Morgan fingerprint density at radius 1 is 1.37 bits per heavy atom. The number of ether oxygens (including phenoxy) is 1. The quantitative estimate of drug-likeness (QED) is 0.471. The number of hydrogen-bond acceptors (Lipinski definition) is 6. The lowest BCUT2D eigenvalue weighted by Gasteiger charge is -2.30. The summed E-state index contributed by atoms with van der Waals surface area (Å²) in [5.74, 6) is -2.20. The zero-order valence-electron chi connectivity index (χ0n) is 16.6. The molecule has 1 aliphatic heterocycles. The van der Waals surface area contributed by atoms with Crippen molar-refractivity contribution in [3.63, 3.8) is 0 Å². The first kappa shape index (κ1) is 21.8. The highest BCUT2D eigenvalue weighted by Crippen LogP contribution is 2.32. The van der Waals surface area contributed by atoms with E-state index in [4.69, 9.17) is 15.9 Å². The highest BCUT2D eigenvalue weighted by atomic mass is 32.2. The van der Waals surface area contributed by atoms with Crippen LogP contribution < -0.4 is 11.1 Å². The number of amides is 1. The summed E-state index contributed by atoms with van der Waals surface area (Å²) in [6, 6.07) is 7.57. The fraction of sp³-hybridized carbons (Fsp3) is 0.350. The molecular weight excluding hydrogens is 411 g/mol. The van der Waals surface area contributed by atoms with Crippen LogP contribution >= 0.6 is 0 Å². The molecule has 1 atom stereocenters. The van der Waals surface area contributed by atoms with Crippen molar-refractivity contribution in [3.05, 3.63) is 59.2 Å². The molecule has 0 radical (unpaired) electrons. The van der Waals surface area contributed by atoms with Crippen molar-refractivity contribution in [2.24, 2.45) is 5.73 Å². The van der Waals surface area contributed by atoms with Crippen LogP contribution in [0, 0.1) is 11.2 Å². The second kappa shape index (κ2) is 8.11. The number of amidine groups is 1. The molecule has 0 bridgehead atoms. The van der Waals surface area contributed by atoms with Gasteiger partial charge in [0.15, 0.2) is 9.84 Å². The van der Waals surface area contributed by atoms with Crippen LogP contribution in [0.25, 0.3) is 0 Å². The molecule has 10 heteroatoms. The Morgan fingerprint density at radius 3 is 2.73 bits per heavy atom. The molecule has 0 saturated carbocycles. The molecule has 4 N–H and O–H groups in total. The van der Waals surface area contributed by atoms with Crippen LogP contribution in [0.4, 0.5) is 10.1 Å². The summed E-state index contributed by atoms with van der Waals surface area (Å²) in [6.07, 6.45) is 0.955. The summed E-state index contributed by atoms with van der Waals surface area (Å²) in [5.41, 5.74) is 7.57. The van der Waals surface area contributed by atoms with Gasteiger partial charge < -0.3 is 15.8 Å². The molecule has 30 heavy (non-hydrogen) atoms. The maximum atomic E-state index is 13.0. The van der Waals surface area contributed by atoms with Gasteiger partial charge in [-0.15, -0.1) is 0 Å². The van der Waals surface area contributed by atoms with Crippen LogP contribution in [0.3, 0.4) is 0 Å². The number of benzene rings is 1. The fourth-order valence-corrected chi connectivity index (χ4v) is 4.63. The summed E-state index contributed by atoms with van der Waals surface area (Å²) >= 11 is 0. The molecule has 1 unspecified atom stereocenters. The number of nitrogens with two attached hydrogens (primary N) is 1. The number of aromatic nitrogens is 1. The van der Waals surface area contributed by atoms with Crippen LogP contribution in [0.2, 0.25) is 0 Å². The van der Waals surface area contributed by atoms with E-state index in [1.165, 1.54) is 19.9 Å². The number of carbonyl (C=O) groups is 1. The summed E-state index contributed by atoms with van der Waals surface area (Å²) in [6.45, 7) is 3.33. The first-order valence-corrected chi connectivity index (χ1v) is 10.9. The van der Waals surface area contributed by atoms with Gasteiger partial charge in [0.2, 0.25) is 0 Å². The highest BCUT2D eigenvalue weighted by Gasteiger charge is 2.40. The van der Waals surface area contributed by atoms with Crippen molar-refractivity contribution in [1.29, 1.82) is 5.41 Å². The van der Waals surface area contributed by atoms with Crippen molar-refractivity contribution in [2.45, 2.75) is 31.1 Å². The van der Waals surface area contributed by atoms with E-state index in [-0.39, 0.29) is 18.1 Å². The molecule has 0 aliphatic carbocycles. The minimum Gasteiger partial charge on any atom is -0.386 e. The van der Waals surface area contributed by atoms with Crippen LogP contribution in [-0.2, 0) is 21.2 Å². The second-order valence-corrected chi connectivity index (χ2v) is 10.2. The van der Waals surface area contributed by atoms with Crippen LogP contribution in [0.1, 0.15) is 41.4 Å². The van der Waals surface area contributed by atoms with E-state index in [9.17, 15) is 17.6 Å². The van der Waals surface area contributed by atoms with Crippen molar-refractivity contribution in [2.75, 3.05) is 17.7 Å². The lowest BCUT2D eigenvalue weighted by molar-refractivity contribution is 0.0956. The van der Waals surface area contributed by atoms with E-state index in [2.05, 4.69) is 10.3 Å². The highest BCUT2D eigenvalue weighted by molar-refractivity contribution is 7.93. The predicted octanol–water partition coefficient (Wildman–Crippen LogP) is 2.22. The van der Waals surface area contributed by atoms with Gasteiger partial charge in [-0.25, -0.2) is 17.8 Å². The Morgan fingerprint density at radius 2 is 2.10 bits per heavy atom. The lowest BCUT2D eigenvalue weighted by Crippen LogP contribution is -2.47. The minimum atomic E-state index is -3.75. The topological polar surface area (TPSA) is 135 Å². The molecule has 160 valence electrons. The Hall–Kier alpha value is -2.85. The molecule has 1 aromatic carbocycles. The smallest absolute Gasteiger partial charge is 0.274 e. The van der Waals surface area contributed by atoms with Gasteiger partial charge in [-0.1, -0.05) is 6.07 Å². The van der Waals surface area contributed by atoms with E-state index in [0.29, 0.717) is 12.3 Å². The van der Waals surface area contributed by atoms with Crippen LogP contribution in [-0.4, -0.2) is 42.3 Å². The number of rotatable bonds is 6. The van der Waals surface area contributed by atoms with Crippen LogP contribution in [0.5, 0.6) is 0 Å². The Labute approximate surface area is 174 Å². The Kier molecular flexibility index (Phi) is 5.91. The summed E-state index contributed by atoms with van der Waals surface area (Å²) in [5, 5.41) is 10.3. The zero-order chi connectivity index (χ0) is 22.1. The second-order valence-electron chi connectivity index (χ2n) is 7.65. The summed E-state index contributed by atoms with van der Waals surface area (Å²) < 4.78 is 42.8. The molecule has 0 saturated heterocycles. The lowest BCUT2D eigenvalue weighted by atomic mass is 9.94. The van der Waals surface area contributed by atoms with Gasteiger partial charge in [-0.2, -0.15) is 0 Å². The minimum absolute atomic E-state index is 0.0554. The molecule has 1 amide bonds. The maximum Gasteiger partial charge on any atom is 0.274 e. The average molecular weight is 434 g/mol. The van der Waals surface area contributed by atoms with Gasteiger partial charge in [0.25, 0.3) is 5.91 Å². The van der Waals surface area contributed by atoms with Crippen molar-refractivity contribution in [1.82, 2.24) is 4.98 Å². The number of anilines is 1. The molecule has 0 fully saturated rings. The van der Waals surface area contributed by atoms with E-state index < -0.39 is 38.1 Å². The van der Waals surface area contributed by atoms with Crippen LogP contribution in [0.15, 0.2) is 36.5 Å². The largest absolute Gasteiger partial charge is 0.386 e. The van der Waals surface area contributed by atoms with E-state index in [0.717, 1.165) is 23.4 Å². The van der Waals surface area contributed by atoms with Crippen molar-refractivity contribution >= 4 is 27.3 Å². The van der Waals surface area contributed by atoms with Gasteiger partial charge in [-0.05, 0) is 49.2 Å². The SMILES string of the molecule is CC(C)(C(=N)N)S(=O)(=O)CC1COCc2ccc(NC(=O)c3ccc(F)cn3)cc21. The van der Waals surface area contributed by atoms with Gasteiger partial charge >= 0.3 is 0 Å². The first-order chi connectivity index (χ1) is 14.0. The third-order valence-electron chi connectivity index (χ3n) is 5.23. The molecule has 1 aromatic heterocycles. The Bertz CT molecular complexity index is 1080. The number of halogens is 1. The number of nitrogens with zero attached hydrogens (tertiary/aromatic N) is 1. The van der Waals surface area contributed by atoms with Gasteiger partial charge in [0.05, 0.1) is 25.2 Å². The standard InChI is InChI=1S/C20H23FN4O4S/c1-20(2,19(22)23)30(27,28)11-13-10-29-9-12-3-5-15(7-16(12)13)25-18(26)17-6-4-14(21)8-24-17/h3-8,13H,9-11H2,1-2H3,(H3,22,23)(H,25,26). The Balaban J connectivity index is 1.85. The van der Waals surface area contributed by atoms with Crippen molar-refractivity contribution in [3.8, 4) is 0 Å². The van der Waals surface area contributed by atoms with Gasteiger partial charge in [0.1, 0.15) is 22.1 Å². The zero-order valence-corrected chi connectivity index (χ0v) is 17.4. The summed E-state index contributed by atoms with van der Waals surface area (Å²) in [4.78, 5) is 16.1. The maximum absolute atomic E-state index is 13.0. The molecule has 2 heterocycles. The molecular formula is C20H23FN4O4S. The average Bonchev–Trinajstić information content (AvgIpc) is 2.68.